The highest BCUT2D eigenvalue weighted by Crippen LogP contribution is 2.25. The van der Waals surface area contributed by atoms with Crippen molar-refractivity contribution < 1.29 is 9.53 Å². The first kappa shape index (κ1) is 10.9. The molecule has 0 saturated heterocycles. The summed E-state index contributed by atoms with van der Waals surface area (Å²) in [7, 11) is 1.37. The summed E-state index contributed by atoms with van der Waals surface area (Å²) in [6.45, 7) is 2.02. The van der Waals surface area contributed by atoms with Gasteiger partial charge in [0.15, 0.2) is 0 Å². The summed E-state index contributed by atoms with van der Waals surface area (Å²) in [5.41, 5.74) is 6.87. The number of nitrogens with two attached hydrogens (primary N) is 1. The van der Waals surface area contributed by atoms with Crippen molar-refractivity contribution in [1.82, 2.24) is 0 Å². The van der Waals surface area contributed by atoms with E-state index >= 15 is 0 Å². The van der Waals surface area contributed by atoms with Gasteiger partial charge < -0.3 is 10.5 Å². The maximum atomic E-state index is 11.3. The third-order valence-corrected chi connectivity index (χ3v) is 2.65. The molecule has 1 aromatic rings. The molecule has 1 aromatic carbocycles. The number of nitrogen functional groups attached to an aromatic ring is 1. The molecule has 2 N–H and O–H groups in total. The monoisotopic (exact) mass is 211 g/mol. The summed E-state index contributed by atoms with van der Waals surface area (Å²) in [6.07, 6.45) is 0. The molecule has 0 bridgehead atoms. The van der Waals surface area contributed by atoms with Crippen LogP contribution in [0.25, 0.3) is 0 Å². The van der Waals surface area contributed by atoms with E-state index < -0.39 is 0 Å². The number of hydrogen-bond donors (Lipinski definition) is 1. The number of hydrogen-bond acceptors (Lipinski definition) is 4. The van der Waals surface area contributed by atoms with E-state index in [0.717, 1.165) is 10.6 Å². The minimum absolute atomic E-state index is 0.319. The van der Waals surface area contributed by atoms with Gasteiger partial charge in [-0.3, -0.25) is 0 Å². The zero-order valence-corrected chi connectivity index (χ0v) is 9.06. The number of methoxy groups -OCH3 is 1. The molecule has 3 nitrogen and oxygen atoms in total. The maximum Gasteiger partial charge on any atom is 0.338 e. The molecule has 0 aliphatic rings. The highest BCUT2D eigenvalue weighted by Gasteiger charge is 2.11. The van der Waals surface area contributed by atoms with Crippen molar-refractivity contribution in [3.8, 4) is 0 Å². The maximum absolute atomic E-state index is 11.3. The van der Waals surface area contributed by atoms with E-state index in [1.54, 1.807) is 30.0 Å². The van der Waals surface area contributed by atoms with Crippen LogP contribution >= 0.6 is 11.8 Å². The number of thioether (sulfide) groups is 1. The Morgan fingerprint density at radius 2 is 2.29 bits per heavy atom. The fourth-order valence-electron chi connectivity index (χ4n) is 1.09. The molecule has 0 amide bonds. The molecule has 0 aliphatic carbocycles. The van der Waals surface area contributed by atoms with Gasteiger partial charge in [0.25, 0.3) is 0 Å². The van der Waals surface area contributed by atoms with Crippen molar-refractivity contribution in [2.45, 2.75) is 11.8 Å². The van der Waals surface area contributed by atoms with E-state index in [9.17, 15) is 4.79 Å². The number of benzene rings is 1. The van der Waals surface area contributed by atoms with E-state index in [4.69, 9.17) is 5.73 Å². The Morgan fingerprint density at radius 1 is 1.57 bits per heavy atom. The van der Waals surface area contributed by atoms with Gasteiger partial charge in [-0.15, -0.1) is 11.8 Å². The Bertz CT molecular complexity index is 339. The molecule has 0 unspecified atom stereocenters. The van der Waals surface area contributed by atoms with Crippen LogP contribution in [0.2, 0.25) is 0 Å². The number of rotatable bonds is 3. The Labute approximate surface area is 87.6 Å². The third kappa shape index (κ3) is 2.42. The van der Waals surface area contributed by atoms with E-state index in [1.807, 2.05) is 6.92 Å². The minimum Gasteiger partial charge on any atom is -0.465 e. The van der Waals surface area contributed by atoms with Crippen LogP contribution in [-0.2, 0) is 4.74 Å². The largest absolute Gasteiger partial charge is 0.465 e. The molecule has 0 aromatic heterocycles. The molecule has 4 heteroatoms. The lowest BCUT2D eigenvalue weighted by molar-refractivity contribution is 0.0597. The van der Waals surface area contributed by atoms with Crippen molar-refractivity contribution >= 4 is 23.4 Å². The molecule has 0 heterocycles. The SMILES string of the molecule is CCSc1cc(N)ccc1C(=O)OC. The second kappa shape index (κ2) is 4.91. The molecule has 0 radical (unpaired) electrons. The molecule has 0 aliphatic heterocycles. The van der Waals surface area contributed by atoms with Crippen LogP contribution in [0.4, 0.5) is 5.69 Å². The summed E-state index contributed by atoms with van der Waals surface area (Å²) >= 11 is 1.58. The van der Waals surface area contributed by atoms with Gasteiger partial charge in [0, 0.05) is 10.6 Å². The number of carbonyl (C=O) groups is 1. The average molecular weight is 211 g/mol. The fourth-order valence-corrected chi connectivity index (χ4v) is 1.93. The smallest absolute Gasteiger partial charge is 0.338 e. The summed E-state index contributed by atoms with van der Waals surface area (Å²) in [5, 5.41) is 0. The van der Waals surface area contributed by atoms with E-state index in [0.29, 0.717) is 11.3 Å². The summed E-state index contributed by atoms with van der Waals surface area (Å²) < 4.78 is 4.67. The second-order valence-electron chi connectivity index (χ2n) is 2.68. The molecule has 0 saturated carbocycles. The van der Waals surface area contributed by atoms with E-state index in [-0.39, 0.29) is 5.97 Å². The van der Waals surface area contributed by atoms with Crippen molar-refractivity contribution in [1.29, 1.82) is 0 Å². The Hall–Kier alpha value is -1.16. The summed E-state index contributed by atoms with van der Waals surface area (Å²) in [6, 6.07) is 5.19. The third-order valence-electron chi connectivity index (χ3n) is 1.71. The van der Waals surface area contributed by atoms with Gasteiger partial charge in [0.2, 0.25) is 0 Å². The lowest BCUT2D eigenvalue weighted by atomic mass is 10.2. The van der Waals surface area contributed by atoms with Crippen molar-refractivity contribution in [3.63, 3.8) is 0 Å². The van der Waals surface area contributed by atoms with Gasteiger partial charge in [-0.1, -0.05) is 6.92 Å². The molecule has 0 fully saturated rings. The number of ether oxygens (including phenoxy) is 1. The lowest BCUT2D eigenvalue weighted by Crippen LogP contribution is -2.03. The highest BCUT2D eigenvalue weighted by molar-refractivity contribution is 7.99. The van der Waals surface area contributed by atoms with Gasteiger partial charge in [-0.2, -0.15) is 0 Å². The summed E-state index contributed by atoms with van der Waals surface area (Å²) in [5.74, 6) is 0.578. The van der Waals surface area contributed by atoms with Crippen LogP contribution in [-0.4, -0.2) is 18.8 Å². The highest BCUT2D eigenvalue weighted by atomic mass is 32.2. The first-order chi connectivity index (χ1) is 6.69. The van der Waals surface area contributed by atoms with Crippen LogP contribution in [0.5, 0.6) is 0 Å². The quantitative estimate of drug-likeness (QED) is 0.473. The van der Waals surface area contributed by atoms with Gasteiger partial charge in [0.1, 0.15) is 0 Å². The van der Waals surface area contributed by atoms with E-state index in [2.05, 4.69) is 4.74 Å². The molecule has 0 atom stereocenters. The van der Waals surface area contributed by atoms with Crippen LogP contribution in [0, 0.1) is 0 Å². The molecular formula is C10H13NO2S. The Kier molecular flexibility index (Phi) is 3.83. The van der Waals surface area contributed by atoms with Gasteiger partial charge >= 0.3 is 5.97 Å². The molecule has 14 heavy (non-hydrogen) atoms. The van der Waals surface area contributed by atoms with Crippen LogP contribution in [0.3, 0.4) is 0 Å². The predicted molar refractivity (Wildman–Crippen MR) is 58.6 cm³/mol. The zero-order chi connectivity index (χ0) is 10.6. The molecule has 0 spiro atoms. The van der Waals surface area contributed by atoms with E-state index in [1.165, 1.54) is 7.11 Å². The molecule has 1 rings (SSSR count). The van der Waals surface area contributed by atoms with Crippen LogP contribution in [0.1, 0.15) is 17.3 Å². The summed E-state index contributed by atoms with van der Waals surface area (Å²) in [4.78, 5) is 12.2. The number of anilines is 1. The first-order valence-electron chi connectivity index (χ1n) is 4.29. The Morgan fingerprint density at radius 3 is 2.86 bits per heavy atom. The topological polar surface area (TPSA) is 52.3 Å². The average Bonchev–Trinajstić information content (AvgIpc) is 2.17. The Balaban J connectivity index is 3.07. The van der Waals surface area contributed by atoms with Crippen LogP contribution < -0.4 is 5.73 Å². The van der Waals surface area contributed by atoms with Crippen LogP contribution in [0.15, 0.2) is 23.1 Å². The predicted octanol–water partition coefficient (Wildman–Crippen LogP) is 2.17. The molecular weight excluding hydrogens is 198 g/mol. The standard InChI is InChI=1S/C10H13NO2S/c1-3-14-9-6-7(11)4-5-8(9)10(12)13-2/h4-6H,3,11H2,1-2H3. The van der Waals surface area contributed by atoms with Gasteiger partial charge in [-0.25, -0.2) is 4.79 Å². The fraction of sp³-hybridized carbons (Fsp3) is 0.300. The van der Waals surface area contributed by atoms with Gasteiger partial charge in [-0.05, 0) is 24.0 Å². The second-order valence-corrected chi connectivity index (χ2v) is 3.99. The normalized spacial score (nSPS) is 9.86. The van der Waals surface area contributed by atoms with Crippen molar-refractivity contribution in [2.24, 2.45) is 0 Å². The number of esters is 1. The molecule has 76 valence electrons. The van der Waals surface area contributed by atoms with Gasteiger partial charge in [0.05, 0.1) is 12.7 Å². The van der Waals surface area contributed by atoms with Crippen molar-refractivity contribution in [2.75, 3.05) is 18.6 Å². The zero-order valence-electron chi connectivity index (χ0n) is 8.24. The number of carbonyl (C=O) groups excluding carboxylic acids is 1. The first-order valence-corrected chi connectivity index (χ1v) is 5.28. The lowest BCUT2D eigenvalue weighted by Gasteiger charge is -2.06. The van der Waals surface area contributed by atoms with Crippen molar-refractivity contribution in [3.05, 3.63) is 23.8 Å². The minimum atomic E-state index is -0.319.